The van der Waals surface area contributed by atoms with Gasteiger partial charge in [0.15, 0.2) is 0 Å². The van der Waals surface area contributed by atoms with Crippen LogP contribution in [0.25, 0.3) is 0 Å². The van der Waals surface area contributed by atoms with E-state index in [1.165, 1.54) is 53.6 Å². The summed E-state index contributed by atoms with van der Waals surface area (Å²) in [5.41, 5.74) is 2.79. The summed E-state index contributed by atoms with van der Waals surface area (Å²) in [4.78, 5) is 17.0. The molecule has 1 aliphatic rings. The molecule has 33 heavy (non-hydrogen) atoms. The topological polar surface area (TPSA) is 69.7 Å². The molecule has 0 saturated carbocycles. The van der Waals surface area contributed by atoms with Gasteiger partial charge < -0.3 is 4.90 Å². The van der Waals surface area contributed by atoms with Crippen LogP contribution in [0.15, 0.2) is 77.7 Å². The summed E-state index contributed by atoms with van der Waals surface area (Å²) in [6.45, 7) is 5.70. The molecule has 0 unspecified atom stereocenters. The predicted molar refractivity (Wildman–Crippen MR) is 126 cm³/mol. The molecule has 1 fully saturated rings. The van der Waals surface area contributed by atoms with E-state index in [1.54, 1.807) is 11.0 Å². The fraction of sp³-hybridized carbons (Fsp3) is 0.240. The Labute approximate surface area is 193 Å². The number of nitrogens with one attached hydrogen (secondary N) is 1. The molecule has 0 aromatic heterocycles. The van der Waals surface area contributed by atoms with E-state index in [1.807, 2.05) is 0 Å². The maximum absolute atomic E-state index is 13.8. The molecule has 3 aromatic carbocycles. The lowest BCUT2D eigenvalue weighted by Crippen LogP contribution is -2.48. The van der Waals surface area contributed by atoms with Crippen molar-refractivity contribution >= 4 is 21.6 Å². The average molecular weight is 468 g/mol. The number of anilines is 1. The Morgan fingerprint density at radius 2 is 1.64 bits per heavy atom. The minimum atomic E-state index is -3.96. The van der Waals surface area contributed by atoms with Crippen LogP contribution in [0.2, 0.25) is 0 Å². The van der Waals surface area contributed by atoms with Crippen molar-refractivity contribution in [2.45, 2.75) is 18.4 Å². The summed E-state index contributed by atoms with van der Waals surface area (Å²) >= 11 is 0. The van der Waals surface area contributed by atoms with Gasteiger partial charge in [-0.1, -0.05) is 42.0 Å². The van der Waals surface area contributed by atoms with E-state index in [2.05, 4.69) is 40.8 Å². The molecule has 8 heteroatoms. The number of piperazine rings is 1. The number of halogens is 1. The fourth-order valence-electron chi connectivity index (χ4n) is 3.88. The van der Waals surface area contributed by atoms with Gasteiger partial charge in [-0.25, -0.2) is 12.8 Å². The van der Waals surface area contributed by atoms with E-state index in [0.29, 0.717) is 18.7 Å². The Balaban J connectivity index is 1.36. The second-order valence-corrected chi connectivity index (χ2v) is 9.85. The van der Waals surface area contributed by atoms with Gasteiger partial charge in [0.1, 0.15) is 5.82 Å². The lowest BCUT2D eigenvalue weighted by Gasteiger charge is -2.34. The van der Waals surface area contributed by atoms with Gasteiger partial charge in [0.25, 0.3) is 15.9 Å². The number of carbonyl (C=O) groups is 1. The summed E-state index contributed by atoms with van der Waals surface area (Å²) in [6, 6.07) is 19.7. The van der Waals surface area contributed by atoms with Crippen LogP contribution >= 0.6 is 0 Å². The molecular formula is C25H26FN3O3S. The van der Waals surface area contributed by atoms with Gasteiger partial charge in [0, 0.05) is 38.3 Å². The molecule has 1 N–H and O–H groups in total. The average Bonchev–Trinajstić information content (AvgIpc) is 2.81. The maximum Gasteiger partial charge on any atom is 0.261 e. The Kier molecular flexibility index (Phi) is 6.76. The number of rotatable bonds is 6. The first-order valence-electron chi connectivity index (χ1n) is 10.8. The highest BCUT2D eigenvalue weighted by atomic mass is 32.2. The van der Waals surface area contributed by atoms with Gasteiger partial charge in [-0.05, 0) is 48.9 Å². The van der Waals surface area contributed by atoms with E-state index < -0.39 is 15.8 Å². The van der Waals surface area contributed by atoms with Gasteiger partial charge in [0.2, 0.25) is 0 Å². The van der Waals surface area contributed by atoms with Crippen LogP contribution in [0.5, 0.6) is 0 Å². The maximum atomic E-state index is 13.8. The lowest BCUT2D eigenvalue weighted by atomic mass is 10.1. The molecule has 0 bridgehead atoms. The number of nitrogens with zero attached hydrogens (tertiary/aromatic N) is 2. The molecule has 1 amide bonds. The minimum Gasteiger partial charge on any atom is -0.336 e. The van der Waals surface area contributed by atoms with Crippen molar-refractivity contribution in [3.05, 3.63) is 95.3 Å². The van der Waals surface area contributed by atoms with Crippen LogP contribution in [-0.2, 0) is 16.6 Å². The molecule has 3 aromatic rings. The quantitative estimate of drug-likeness (QED) is 0.597. The molecule has 0 spiro atoms. The van der Waals surface area contributed by atoms with Crippen molar-refractivity contribution < 1.29 is 17.6 Å². The number of para-hydroxylation sites is 1. The van der Waals surface area contributed by atoms with Gasteiger partial charge in [-0.3, -0.25) is 14.4 Å². The van der Waals surface area contributed by atoms with Crippen molar-refractivity contribution in [3.8, 4) is 0 Å². The van der Waals surface area contributed by atoms with Crippen LogP contribution in [-0.4, -0.2) is 50.3 Å². The third kappa shape index (κ3) is 5.58. The number of sulfonamides is 1. The molecule has 0 radical (unpaired) electrons. The number of aryl methyl sites for hydroxylation is 1. The van der Waals surface area contributed by atoms with Crippen LogP contribution in [0.3, 0.4) is 0 Å². The Hall–Kier alpha value is -3.23. The SMILES string of the molecule is Cc1cccc(CN2CCN(C(=O)c3ccc(S(=O)(=O)Nc4ccccc4F)cc3)CC2)c1. The summed E-state index contributed by atoms with van der Waals surface area (Å²) < 4.78 is 41.2. The van der Waals surface area contributed by atoms with E-state index in [4.69, 9.17) is 0 Å². The summed E-state index contributed by atoms with van der Waals surface area (Å²) in [5, 5.41) is 0. The molecule has 6 nitrogen and oxygen atoms in total. The van der Waals surface area contributed by atoms with Crippen LogP contribution in [0.1, 0.15) is 21.5 Å². The zero-order valence-electron chi connectivity index (χ0n) is 18.4. The third-order valence-corrected chi connectivity index (χ3v) is 7.06. The zero-order chi connectivity index (χ0) is 23.4. The zero-order valence-corrected chi connectivity index (χ0v) is 19.2. The first-order chi connectivity index (χ1) is 15.8. The van der Waals surface area contributed by atoms with Crippen LogP contribution < -0.4 is 4.72 Å². The van der Waals surface area contributed by atoms with Gasteiger partial charge in [-0.15, -0.1) is 0 Å². The predicted octanol–water partition coefficient (Wildman–Crippen LogP) is 3.89. The minimum absolute atomic E-state index is 0.0368. The summed E-state index contributed by atoms with van der Waals surface area (Å²) in [7, 11) is -3.96. The van der Waals surface area contributed by atoms with Crippen LogP contribution in [0.4, 0.5) is 10.1 Å². The standard InChI is InChI=1S/C25H26FN3O3S/c1-19-5-4-6-20(17-19)18-28-13-15-29(16-14-28)25(30)21-9-11-22(12-10-21)33(31,32)27-24-8-3-2-7-23(24)26/h2-12,17,27H,13-16,18H2,1H3. The van der Waals surface area contributed by atoms with E-state index in [9.17, 15) is 17.6 Å². The Bertz CT molecular complexity index is 1240. The number of benzene rings is 3. The van der Waals surface area contributed by atoms with Crippen molar-refractivity contribution in [1.29, 1.82) is 0 Å². The highest BCUT2D eigenvalue weighted by Crippen LogP contribution is 2.20. The van der Waals surface area contributed by atoms with Crippen molar-refractivity contribution in [2.24, 2.45) is 0 Å². The molecule has 0 atom stereocenters. The summed E-state index contributed by atoms with van der Waals surface area (Å²) in [6.07, 6.45) is 0. The summed E-state index contributed by atoms with van der Waals surface area (Å²) in [5.74, 6) is -0.786. The monoisotopic (exact) mass is 467 g/mol. The fourth-order valence-corrected chi connectivity index (χ4v) is 4.95. The van der Waals surface area contributed by atoms with E-state index >= 15 is 0 Å². The van der Waals surface area contributed by atoms with Gasteiger partial charge in [-0.2, -0.15) is 0 Å². The molecule has 4 rings (SSSR count). The highest BCUT2D eigenvalue weighted by molar-refractivity contribution is 7.92. The smallest absolute Gasteiger partial charge is 0.261 e. The second kappa shape index (κ2) is 9.72. The first kappa shape index (κ1) is 22.9. The molecule has 1 aliphatic heterocycles. The van der Waals surface area contributed by atoms with Crippen LogP contribution in [0, 0.1) is 12.7 Å². The molecule has 1 saturated heterocycles. The Morgan fingerprint density at radius 1 is 0.939 bits per heavy atom. The lowest BCUT2D eigenvalue weighted by molar-refractivity contribution is 0.0628. The number of hydrogen-bond donors (Lipinski definition) is 1. The van der Waals surface area contributed by atoms with Crippen molar-refractivity contribution in [2.75, 3.05) is 30.9 Å². The second-order valence-electron chi connectivity index (χ2n) is 8.17. The third-order valence-electron chi connectivity index (χ3n) is 5.68. The number of hydrogen-bond acceptors (Lipinski definition) is 4. The normalized spacial score (nSPS) is 14.8. The largest absolute Gasteiger partial charge is 0.336 e. The van der Waals surface area contributed by atoms with Gasteiger partial charge in [0.05, 0.1) is 10.6 Å². The van der Waals surface area contributed by atoms with Crippen molar-refractivity contribution in [1.82, 2.24) is 9.80 Å². The Morgan fingerprint density at radius 3 is 2.30 bits per heavy atom. The number of carbonyl (C=O) groups excluding carboxylic acids is 1. The first-order valence-corrected chi connectivity index (χ1v) is 12.2. The molecular weight excluding hydrogens is 441 g/mol. The van der Waals surface area contributed by atoms with Gasteiger partial charge >= 0.3 is 0 Å². The molecule has 172 valence electrons. The number of amides is 1. The highest BCUT2D eigenvalue weighted by Gasteiger charge is 2.23. The van der Waals surface area contributed by atoms with Crippen molar-refractivity contribution in [3.63, 3.8) is 0 Å². The molecule has 1 heterocycles. The van der Waals surface area contributed by atoms with E-state index in [-0.39, 0.29) is 16.5 Å². The molecule has 0 aliphatic carbocycles. The van der Waals surface area contributed by atoms with E-state index in [0.717, 1.165) is 19.6 Å².